The highest BCUT2D eigenvalue weighted by molar-refractivity contribution is 6.23. The number of hydrogen-bond donors (Lipinski definition) is 0. The Labute approximate surface area is 87.6 Å². The predicted octanol–water partition coefficient (Wildman–Crippen LogP) is -0.256. The summed E-state index contributed by atoms with van der Waals surface area (Å²) in [5.41, 5.74) is 0. The first kappa shape index (κ1) is 11.4. The quantitative estimate of drug-likeness (QED) is 0.467. The van der Waals surface area contributed by atoms with Gasteiger partial charge in [0.1, 0.15) is 0 Å². The van der Waals surface area contributed by atoms with Crippen LogP contribution in [0.2, 0.25) is 0 Å². The lowest BCUT2D eigenvalue weighted by molar-refractivity contribution is -0.144. The molecule has 0 unspecified atom stereocenters. The molecule has 0 atom stereocenters. The zero-order valence-electron chi connectivity index (χ0n) is 8.93. The minimum Gasteiger partial charge on any atom is -0.296 e. The molecular weight excluding hydrogens is 198 g/mol. The van der Waals surface area contributed by atoms with Gasteiger partial charge in [-0.1, -0.05) is 0 Å². The topological polar surface area (TPSA) is 70.1 Å². The summed E-state index contributed by atoms with van der Waals surface area (Å²) < 4.78 is 0. The largest absolute Gasteiger partial charge is 0.332 e. The first-order chi connectivity index (χ1) is 7.00. The van der Waals surface area contributed by atoms with Gasteiger partial charge >= 0.3 is 6.03 Å². The molecule has 0 bridgehead atoms. The minimum atomic E-state index is -0.961. The molecule has 0 N–H and O–H groups in total. The molecule has 6 nitrogen and oxygen atoms in total. The van der Waals surface area contributed by atoms with Crippen molar-refractivity contribution in [1.29, 1.82) is 0 Å². The fourth-order valence-electron chi connectivity index (χ4n) is 1.27. The Bertz CT molecular complexity index is 313. The van der Waals surface area contributed by atoms with Crippen molar-refractivity contribution < 1.29 is 14.4 Å². The molecule has 1 saturated heterocycles. The monoisotopic (exact) mass is 211 g/mol. The maximum absolute atomic E-state index is 11.6. The number of barbiturate groups is 1. The Morgan fingerprint density at radius 3 is 2.07 bits per heavy atom. The number of rotatable bonds is 2. The maximum atomic E-state index is 11.6. The highest BCUT2D eigenvalue weighted by atomic mass is 16.2. The van der Waals surface area contributed by atoms with Gasteiger partial charge < -0.3 is 0 Å². The molecule has 82 valence electrons. The highest BCUT2D eigenvalue weighted by Crippen LogP contribution is 2.13. The molecule has 0 saturated carbocycles. The third-order valence-electron chi connectivity index (χ3n) is 2.20. The molecular formula is C9H13N3O3. The van der Waals surface area contributed by atoms with Gasteiger partial charge in [0.25, 0.3) is 0 Å². The Balaban J connectivity index is 2.97. The van der Waals surface area contributed by atoms with Gasteiger partial charge in [0, 0.05) is 26.9 Å². The molecule has 0 aromatic rings. The van der Waals surface area contributed by atoms with Gasteiger partial charge in [0.05, 0.1) is 0 Å². The normalized spacial score (nSPS) is 19.5. The number of hydrogen-bond acceptors (Lipinski definition) is 4. The number of carbonyl (C=O) groups is 3. The van der Waals surface area contributed by atoms with Crippen LogP contribution in [-0.4, -0.2) is 54.5 Å². The first-order valence-electron chi connectivity index (χ1n) is 4.59. The minimum absolute atomic E-state index is 0.498. The van der Waals surface area contributed by atoms with Crippen molar-refractivity contribution in [2.24, 2.45) is 10.9 Å². The van der Waals surface area contributed by atoms with Crippen LogP contribution in [-0.2, 0) is 9.59 Å². The van der Waals surface area contributed by atoms with Gasteiger partial charge in [-0.15, -0.1) is 0 Å². The van der Waals surface area contributed by atoms with Crippen molar-refractivity contribution in [3.63, 3.8) is 0 Å². The summed E-state index contributed by atoms with van der Waals surface area (Å²) in [6, 6.07) is -0.605. The Hall–Kier alpha value is -1.72. The molecule has 1 rings (SSSR count). The van der Waals surface area contributed by atoms with Crippen LogP contribution in [0.25, 0.3) is 0 Å². The zero-order valence-corrected chi connectivity index (χ0v) is 8.93. The number of aliphatic imine (C=N–C) groups is 1. The molecule has 4 amide bonds. The van der Waals surface area contributed by atoms with Crippen LogP contribution >= 0.6 is 0 Å². The summed E-state index contributed by atoms with van der Waals surface area (Å²) >= 11 is 0. The third kappa shape index (κ3) is 1.88. The number of nitrogens with zero attached hydrogens (tertiary/aromatic N) is 3. The average molecular weight is 211 g/mol. The number of carbonyl (C=O) groups excluding carboxylic acids is 3. The van der Waals surface area contributed by atoms with Crippen LogP contribution in [0.5, 0.6) is 0 Å². The molecule has 1 heterocycles. The third-order valence-corrected chi connectivity index (χ3v) is 2.20. The standard InChI is InChI=1S/C9H13N3O3/c1-4-10-5-6-7(13)11(2)9(15)12(3)8(6)14/h5-6H,4H2,1-3H3. The Morgan fingerprint density at radius 1 is 1.20 bits per heavy atom. The van der Waals surface area contributed by atoms with Gasteiger partial charge in [-0.05, 0) is 6.92 Å². The zero-order chi connectivity index (χ0) is 11.6. The fraction of sp³-hybridized carbons (Fsp3) is 0.556. The summed E-state index contributed by atoms with van der Waals surface area (Å²) in [4.78, 5) is 40.2. The van der Waals surface area contributed by atoms with Gasteiger partial charge in [-0.3, -0.25) is 24.4 Å². The van der Waals surface area contributed by atoms with Crippen molar-refractivity contribution in [1.82, 2.24) is 9.80 Å². The van der Waals surface area contributed by atoms with E-state index in [0.29, 0.717) is 6.54 Å². The lowest BCUT2D eigenvalue weighted by Gasteiger charge is -2.31. The molecule has 6 heteroatoms. The summed E-state index contributed by atoms with van der Waals surface area (Å²) in [5, 5.41) is 0. The van der Waals surface area contributed by atoms with Crippen molar-refractivity contribution in [3.8, 4) is 0 Å². The number of urea groups is 1. The van der Waals surface area contributed by atoms with Crippen molar-refractivity contribution in [2.45, 2.75) is 6.92 Å². The van der Waals surface area contributed by atoms with E-state index in [4.69, 9.17) is 0 Å². The van der Waals surface area contributed by atoms with Gasteiger partial charge in [0.15, 0.2) is 5.92 Å². The van der Waals surface area contributed by atoms with Gasteiger partial charge in [0.2, 0.25) is 11.8 Å². The lowest BCUT2D eigenvalue weighted by Crippen LogP contribution is -2.57. The van der Waals surface area contributed by atoms with Crippen LogP contribution in [0.15, 0.2) is 4.99 Å². The smallest absolute Gasteiger partial charge is 0.296 e. The molecule has 15 heavy (non-hydrogen) atoms. The second kappa shape index (κ2) is 4.20. The van der Waals surface area contributed by atoms with Crippen LogP contribution < -0.4 is 0 Å². The van der Waals surface area contributed by atoms with Crippen LogP contribution in [0, 0.1) is 5.92 Å². The SMILES string of the molecule is CCN=CC1C(=O)N(C)C(=O)N(C)C1=O. The van der Waals surface area contributed by atoms with E-state index in [9.17, 15) is 14.4 Å². The van der Waals surface area contributed by atoms with E-state index in [0.717, 1.165) is 9.80 Å². The van der Waals surface area contributed by atoms with E-state index in [1.165, 1.54) is 20.3 Å². The van der Waals surface area contributed by atoms with Gasteiger partial charge in [-0.2, -0.15) is 0 Å². The van der Waals surface area contributed by atoms with E-state index in [1.807, 2.05) is 0 Å². The molecule has 0 aromatic heterocycles. The van der Waals surface area contributed by atoms with E-state index < -0.39 is 23.8 Å². The summed E-state index contributed by atoms with van der Waals surface area (Å²) in [6.45, 7) is 2.30. The van der Waals surface area contributed by atoms with Crippen LogP contribution in [0.1, 0.15) is 6.92 Å². The molecule has 0 spiro atoms. The molecule has 0 radical (unpaired) electrons. The van der Waals surface area contributed by atoms with Crippen molar-refractivity contribution in [3.05, 3.63) is 0 Å². The van der Waals surface area contributed by atoms with Crippen LogP contribution in [0.4, 0.5) is 4.79 Å². The van der Waals surface area contributed by atoms with E-state index in [-0.39, 0.29) is 0 Å². The first-order valence-corrected chi connectivity index (χ1v) is 4.59. The Kier molecular flexibility index (Phi) is 3.18. The second-order valence-corrected chi connectivity index (χ2v) is 3.20. The fourth-order valence-corrected chi connectivity index (χ4v) is 1.27. The second-order valence-electron chi connectivity index (χ2n) is 3.20. The summed E-state index contributed by atoms with van der Waals surface area (Å²) in [5.74, 6) is -2.02. The number of imide groups is 2. The Morgan fingerprint density at radius 2 is 1.67 bits per heavy atom. The van der Waals surface area contributed by atoms with Crippen molar-refractivity contribution >= 4 is 24.1 Å². The average Bonchev–Trinajstić information content (AvgIpc) is 2.24. The number of amides is 4. The van der Waals surface area contributed by atoms with Gasteiger partial charge in [-0.25, -0.2) is 4.79 Å². The van der Waals surface area contributed by atoms with Crippen molar-refractivity contribution in [2.75, 3.05) is 20.6 Å². The molecule has 1 fully saturated rings. The lowest BCUT2D eigenvalue weighted by atomic mass is 10.1. The van der Waals surface area contributed by atoms with E-state index in [2.05, 4.69) is 4.99 Å². The summed E-state index contributed by atoms with van der Waals surface area (Å²) in [6.07, 6.45) is 1.30. The molecule has 1 aliphatic heterocycles. The van der Waals surface area contributed by atoms with E-state index in [1.54, 1.807) is 6.92 Å². The highest BCUT2D eigenvalue weighted by Gasteiger charge is 2.41. The maximum Gasteiger partial charge on any atom is 0.332 e. The summed E-state index contributed by atoms with van der Waals surface area (Å²) in [7, 11) is 2.70. The molecule has 0 aliphatic carbocycles. The van der Waals surface area contributed by atoms with Crippen LogP contribution in [0.3, 0.4) is 0 Å². The van der Waals surface area contributed by atoms with E-state index >= 15 is 0 Å². The molecule has 0 aromatic carbocycles. The molecule has 1 aliphatic rings. The predicted molar refractivity (Wildman–Crippen MR) is 53.5 cm³/mol.